The van der Waals surface area contributed by atoms with Gasteiger partial charge < -0.3 is 15.1 Å². The number of hydrogen-bond acceptors (Lipinski definition) is 5. The van der Waals surface area contributed by atoms with E-state index in [0.29, 0.717) is 18.3 Å². The van der Waals surface area contributed by atoms with Crippen molar-refractivity contribution < 1.29 is 19.8 Å². The highest BCUT2D eigenvalue weighted by atomic mass is 35.5. The fourth-order valence-corrected chi connectivity index (χ4v) is 8.76. The lowest BCUT2D eigenvalue weighted by atomic mass is 9.46. The highest BCUT2D eigenvalue weighted by Gasteiger charge is 2.83. The van der Waals surface area contributed by atoms with E-state index in [9.17, 15) is 9.90 Å². The summed E-state index contributed by atoms with van der Waals surface area (Å²) in [6.45, 7) is 2.24. The molecule has 2 N–H and O–H groups in total. The van der Waals surface area contributed by atoms with Crippen molar-refractivity contribution in [3.05, 3.63) is 47.0 Å². The van der Waals surface area contributed by atoms with E-state index in [1.165, 1.54) is 17.4 Å². The molecule has 6 heteroatoms. The van der Waals surface area contributed by atoms with E-state index in [4.69, 9.17) is 21.5 Å². The number of alkyl halides is 1. The van der Waals surface area contributed by atoms with Crippen LogP contribution in [-0.4, -0.2) is 45.0 Å². The Morgan fingerprint density at radius 2 is 1.97 bits per heavy atom. The number of hydrogen-bond donors (Lipinski definition) is 2. The Balaban J connectivity index is 1.50. The Bertz CT molecular complexity index is 1040. The van der Waals surface area contributed by atoms with Crippen molar-refractivity contribution >= 4 is 23.6 Å². The van der Waals surface area contributed by atoms with Gasteiger partial charge >= 0.3 is 0 Å². The number of nitrogens with zero attached hydrogens (tertiary/aromatic N) is 1. The summed E-state index contributed by atoms with van der Waals surface area (Å²) in [4.78, 5) is 12.2. The van der Waals surface area contributed by atoms with Gasteiger partial charge in [0.1, 0.15) is 11.2 Å². The lowest BCUT2D eigenvalue weighted by molar-refractivity contribution is -0.115. The maximum atomic E-state index is 12.2. The molecule has 0 radical (unpaired) electrons. The molecule has 1 aromatic carbocycles. The van der Waals surface area contributed by atoms with Crippen molar-refractivity contribution in [2.75, 3.05) is 5.88 Å². The normalized spacial score (nSPS) is 46.8. The van der Waals surface area contributed by atoms with Crippen LogP contribution in [0.4, 0.5) is 0 Å². The molecule has 4 fully saturated rings. The van der Waals surface area contributed by atoms with Crippen LogP contribution in [0, 0.1) is 17.3 Å². The number of fused-ring (bicyclic) bond motifs is 2. The molecule has 170 valence electrons. The molecular weight excluding hydrogens is 426 g/mol. The molecule has 4 aliphatic carbocycles. The second-order valence-corrected chi connectivity index (χ2v) is 11.2. The molecule has 0 aromatic heterocycles. The summed E-state index contributed by atoms with van der Waals surface area (Å²) in [5, 5.41) is 23.6. The number of carbonyl (C=O) groups is 1. The molecule has 0 amide bonds. The number of carbonyl (C=O) groups excluding carboxylic acids is 1. The van der Waals surface area contributed by atoms with Gasteiger partial charge in [0.25, 0.3) is 0 Å². The summed E-state index contributed by atoms with van der Waals surface area (Å²) >= 11 is 6.39. The van der Waals surface area contributed by atoms with Gasteiger partial charge in [0.15, 0.2) is 5.78 Å². The smallest absolute Gasteiger partial charge is 0.155 e. The monoisotopic (exact) mass is 455 g/mol. The minimum absolute atomic E-state index is 0.110. The fourth-order valence-electron chi connectivity index (χ4n) is 8.33. The van der Waals surface area contributed by atoms with E-state index >= 15 is 0 Å². The first-order valence-electron chi connectivity index (χ1n) is 11.8. The largest absolute Gasteiger partial charge is 0.411 e. The van der Waals surface area contributed by atoms with Crippen molar-refractivity contribution in [1.82, 2.24) is 0 Å². The second kappa shape index (κ2) is 6.68. The molecule has 3 saturated carbocycles. The predicted octanol–water partition coefficient (Wildman–Crippen LogP) is 4.58. The van der Waals surface area contributed by atoms with Gasteiger partial charge in [0.05, 0.1) is 17.7 Å². The van der Waals surface area contributed by atoms with E-state index in [0.717, 1.165) is 44.1 Å². The average Bonchev–Trinajstić information content (AvgIpc) is 3.40. The number of ketones is 1. The molecule has 1 saturated heterocycles. The van der Waals surface area contributed by atoms with Crippen LogP contribution in [0.3, 0.4) is 0 Å². The molecule has 6 rings (SSSR count). The highest BCUT2D eigenvalue weighted by molar-refractivity contribution is 6.18. The minimum Gasteiger partial charge on any atom is -0.411 e. The van der Waals surface area contributed by atoms with Crippen molar-refractivity contribution in [2.24, 2.45) is 22.4 Å². The Hall–Kier alpha value is -1.69. The van der Waals surface area contributed by atoms with Gasteiger partial charge in [-0.2, -0.15) is 0 Å². The topological polar surface area (TPSA) is 82.4 Å². The van der Waals surface area contributed by atoms with Crippen LogP contribution >= 0.6 is 11.6 Å². The first-order valence-corrected chi connectivity index (χ1v) is 12.4. The number of oxime groups is 1. The third kappa shape index (κ3) is 2.37. The lowest BCUT2D eigenvalue weighted by Gasteiger charge is -2.56. The zero-order chi connectivity index (χ0) is 22.4. The average molecular weight is 456 g/mol. The summed E-state index contributed by atoms with van der Waals surface area (Å²) in [7, 11) is 0. The number of halogens is 1. The Morgan fingerprint density at radius 1 is 1.19 bits per heavy atom. The van der Waals surface area contributed by atoms with Crippen molar-refractivity contribution in [1.29, 1.82) is 0 Å². The molecule has 32 heavy (non-hydrogen) atoms. The summed E-state index contributed by atoms with van der Waals surface area (Å²) in [6, 6.07) is 8.15. The SMILES string of the molecule is C[C@]12C[C@H](c3ccc(/C=N/O)cc3)[C@]34O[C@]35CCC(=O)C=C5CC[C@H]4[C@@H]1CC[C@@]2(O)CCl. The van der Waals surface area contributed by atoms with E-state index in [-0.39, 0.29) is 34.2 Å². The lowest BCUT2D eigenvalue weighted by Crippen LogP contribution is -2.59. The summed E-state index contributed by atoms with van der Waals surface area (Å²) in [5.74, 6) is 1.29. The molecular formula is C26H30ClNO4. The molecule has 1 heterocycles. The quantitative estimate of drug-likeness (QED) is 0.230. The predicted molar refractivity (Wildman–Crippen MR) is 121 cm³/mol. The standard InChI is InChI=1S/C26H30ClNO4/c1-23-13-22(17-4-2-16(3-5-17)14-28-31)26-21(20(23)9-10-24(23,30)15-27)7-6-18-12-19(29)8-11-25(18,26)32-26/h2-5,12,14,20-22,30-31H,6-11,13,15H2,1H3/b28-14+/t20-,21-,22+,23-,24+,25-,26-/m0/s1. The van der Waals surface area contributed by atoms with Gasteiger partial charge in [-0.25, -0.2) is 0 Å². The first kappa shape index (κ1) is 20.9. The van der Waals surface area contributed by atoms with Gasteiger partial charge in [-0.15, -0.1) is 11.6 Å². The molecule has 1 aromatic rings. The summed E-state index contributed by atoms with van der Waals surface area (Å²) < 4.78 is 6.91. The van der Waals surface area contributed by atoms with Gasteiger partial charge in [-0.3, -0.25) is 4.79 Å². The van der Waals surface area contributed by atoms with Gasteiger partial charge in [0, 0.05) is 17.8 Å². The zero-order valence-corrected chi connectivity index (χ0v) is 19.1. The van der Waals surface area contributed by atoms with Crippen molar-refractivity contribution in [3.8, 4) is 0 Å². The van der Waals surface area contributed by atoms with Crippen molar-refractivity contribution in [2.45, 2.75) is 74.6 Å². The van der Waals surface area contributed by atoms with E-state index in [2.05, 4.69) is 24.2 Å². The third-order valence-corrected chi connectivity index (χ3v) is 10.4. The maximum Gasteiger partial charge on any atom is 0.155 e. The second-order valence-electron chi connectivity index (χ2n) is 10.9. The minimum atomic E-state index is -0.872. The Morgan fingerprint density at radius 3 is 2.69 bits per heavy atom. The van der Waals surface area contributed by atoms with Crippen LogP contribution in [-0.2, 0) is 9.53 Å². The van der Waals surface area contributed by atoms with Crippen LogP contribution in [0.1, 0.15) is 68.9 Å². The van der Waals surface area contributed by atoms with Crippen LogP contribution in [0.5, 0.6) is 0 Å². The summed E-state index contributed by atoms with van der Waals surface area (Å²) in [5.41, 5.74) is 1.41. The van der Waals surface area contributed by atoms with Gasteiger partial charge in [-0.05, 0) is 73.1 Å². The van der Waals surface area contributed by atoms with E-state index in [1.807, 2.05) is 18.2 Å². The molecule has 5 nitrogen and oxygen atoms in total. The zero-order valence-electron chi connectivity index (χ0n) is 18.4. The molecule has 0 bridgehead atoms. The fraction of sp³-hybridized carbons (Fsp3) is 0.615. The van der Waals surface area contributed by atoms with Gasteiger partial charge in [-0.1, -0.05) is 36.3 Å². The van der Waals surface area contributed by atoms with Gasteiger partial charge in [0.2, 0.25) is 0 Å². The third-order valence-electron chi connectivity index (χ3n) is 9.93. The van der Waals surface area contributed by atoms with Crippen LogP contribution < -0.4 is 0 Å². The first-order chi connectivity index (χ1) is 15.3. The molecule has 7 atom stereocenters. The number of aliphatic hydroxyl groups is 1. The molecule has 0 unspecified atom stereocenters. The number of benzene rings is 1. The van der Waals surface area contributed by atoms with Crippen molar-refractivity contribution in [3.63, 3.8) is 0 Å². The number of epoxide rings is 1. The summed E-state index contributed by atoms with van der Waals surface area (Å²) in [6.07, 6.45) is 9.02. The number of rotatable bonds is 3. The Labute approximate surface area is 193 Å². The Kier molecular flexibility index (Phi) is 4.36. The van der Waals surface area contributed by atoms with E-state index < -0.39 is 5.60 Å². The molecule has 5 aliphatic rings. The van der Waals surface area contributed by atoms with Crippen LogP contribution in [0.25, 0.3) is 0 Å². The molecule has 2 spiro atoms. The number of ether oxygens (including phenoxy) is 1. The van der Waals surface area contributed by atoms with Crippen LogP contribution in [0.2, 0.25) is 0 Å². The maximum absolute atomic E-state index is 12.2. The highest BCUT2D eigenvalue weighted by Crippen LogP contribution is 2.79. The molecule has 1 aliphatic heterocycles. The van der Waals surface area contributed by atoms with E-state index in [1.54, 1.807) is 0 Å². The van der Waals surface area contributed by atoms with Crippen LogP contribution in [0.15, 0.2) is 41.1 Å².